The summed E-state index contributed by atoms with van der Waals surface area (Å²) in [4.78, 5) is 5.89. The molecule has 2 rings (SSSR count). The Balaban J connectivity index is 2.11. The van der Waals surface area contributed by atoms with Crippen LogP contribution in [0.2, 0.25) is 0 Å². The van der Waals surface area contributed by atoms with Gasteiger partial charge in [-0.25, -0.2) is 4.39 Å². The molecule has 0 unspecified atom stereocenters. The van der Waals surface area contributed by atoms with Crippen molar-refractivity contribution in [1.29, 1.82) is 0 Å². The Morgan fingerprint density at radius 1 is 1.64 bits per heavy atom. The van der Waals surface area contributed by atoms with Crippen molar-refractivity contribution in [2.24, 2.45) is 5.73 Å². The molecule has 0 spiro atoms. The van der Waals surface area contributed by atoms with Crippen LogP contribution >= 0.6 is 0 Å². The Kier molecular flexibility index (Phi) is 2.49. The lowest BCUT2D eigenvalue weighted by Gasteiger charge is -2.22. The zero-order valence-corrected chi connectivity index (χ0v) is 7.74. The Labute approximate surface area is 81.2 Å². The Morgan fingerprint density at radius 2 is 2.50 bits per heavy atom. The maximum Gasteiger partial charge on any atom is 0.297 e. The van der Waals surface area contributed by atoms with Crippen molar-refractivity contribution in [2.45, 2.75) is 13.0 Å². The van der Waals surface area contributed by atoms with Gasteiger partial charge >= 0.3 is 0 Å². The number of rotatable bonds is 2. The van der Waals surface area contributed by atoms with Gasteiger partial charge in [-0.3, -0.25) is 0 Å². The van der Waals surface area contributed by atoms with Gasteiger partial charge < -0.3 is 15.1 Å². The molecule has 0 atom stereocenters. The minimum atomic E-state index is -0.135. The van der Waals surface area contributed by atoms with Crippen LogP contribution in [0.5, 0.6) is 0 Å². The van der Waals surface area contributed by atoms with Crippen molar-refractivity contribution < 1.29 is 8.81 Å². The van der Waals surface area contributed by atoms with Crippen LogP contribution in [-0.4, -0.2) is 18.1 Å². The number of halogens is 1. The maximum atomic E-state index is 12.9. The number of nitrogens with two attached hydrogens (primary N) is 1. The number of oxazole rings is 1. The minimum absolute atomic E-state index is 0.135. The van der Waals surface area contributed by atoms with Crippen molar-refractivity contribution in [3.05, 3.63) is 23.9 Å². The first-order valence-corrected chi connectivity index (χ1v) is 4.53. The average Bonchev–Trinajstić information content (AvgIpc) is 2.66. The largest absolute Gasteiger partial charge is 0.432 e. The number of nitrogens with zero attached hydrogens (tertiary/aromatic N) is 2. The first kappa shape index (κ1) is 9.21. The van der Waals surface area contributed by atoms with Gasteiger partial charge in [-0.1, -0.05) is 0 Å². The highest BCUT2D eigenvalue weighted by Crippen LogP contribution is 2.19. The van der Waals surface area contributed by atoms with Crippen molar-refractivity contribution >= 4 is 6.01 Å². The third-order valence-corrected chi connectivity index (χ3v) is 2.13. The molecule has 0 saturated carbocycles. The zero-order chi connectivity index (χ0) is 9.97. The van der Waals surface area contributed by atoms with Crippen molar-refractivity contribution in [3.63, 3.8) is 0 Å². The molecule has 0 bridgehead atoms. The lowest BCUT2D eigenvalue weighted by atomic mass is 10.2. The van der Waals surface area contributed by atoms with E-state index in [1.165, 1.54) is 6.26 Å². The standard InChI is InChI=1S/C9H12FN3O/c10-7-2-1-3-13(5-7)9-12-8(4-11)6-14-9/h2,6H,1,3-5,11H2. The van der Waals surface area contributed by atoms with Crippen molar-refractivity contribution in [3.8, 4) is 0 Å². The highest BCUT2D eigenvalue weighted by molar-refractivity contribution is 5.31. The first-order valence-electron chi connectivity index (χ1n) is 4.53. The van der Waals surface area contributed by atoms with E-state index in [0.29, 0.717) is 24.7 Å². The number of hydrogen-bond donors (Lipinski definition) is 1. The second kappa shape index (κ2) is 3.79. The third-order valence-electron chi connectivity index (χ3n) is 2.13. The molecule has 4 nitrogen and oxygen atoms in total. The minimum Gasteiger partial charge on any atom is -0.432 e. The average molecular weight is 197 g/mol. The molecule has 1 aliphatic rings. The second-order valence-electron chi connectivity index (χ2n) is 3.19. The molecule has 0 aromatic carbocycles. The van der Waals surface area contributed by atoms with Crippen LogP contribution in [0.25, 0.3) is 0 Å². The normalized spacial score (nSPS) is 17.0. The first-order chi connectivity index (χ1) is 6.79. The predicted octanol–water partition coefficient (Wildman–Crippen LogP) is 1.20. The molecule has 2 heterocycles. The van der Waals surface area contributed by atoms with Gasteiger partial charge in [0.05, 0.1) is 12.2 Å². The van der Waals surface area contributed by atoms with Gasteiger partial charge in [-0.05, 0) is 12.5 Å². The van der Waals surface area contributed by atoms with Crippen LogP contribution in [-0.2, 0) is 6.54 Å². The summed E-state index contributed by atoms with van der Waals surface area (Å²) in [6, 6.07) is 0.453. The number of anilines is 1. The molecular weight excluding hydrogens is 185 g/mol. The molecule has 5 heteroatoms. The van der Waals surface area contributed by atoms with Gasteiger partial charge in [-0.15, -0.1) is 0 Å². The molecule has 0 fully saturated rings. The molecule has 0 aliphatic carbocycles. The molecule has 0 radical (unpaired) electrons. The van der Waals surface area contributed by atoms with Gasteiger partial charge in [0.25, 0.3) is 6.01 Å². The van der Waals surface area contributed by atoms with Gasteiger partial charge in [0.1, 0.15) is 12.1 Å². The maximum absolute atomic E-state index is 12.9. The van der Waals surface area contributed by atoms with E-state index in [9.17, 15) is 4.39 Å². The molecule has 0 amide bonds. The smallest absolute Gasteiger partial charge is 0.297 e. The highest BCUT2D eigenvalue weighted by atomic mass is 19.1. The van der Waals surface area contributed by atoms with Gasteiger partial charge in [0.2, 0.25) is 0 Å². The van der Waals surface area contributed by atoms with E-state index in [4.69, 9.17) is 10.2 Å². The summed E-state index contributed by atoms with van der Waals surface area (Å²) in [6.45, 7) is 1.32. The van der Waals surface area contributed by atoms with Crippen LogP contribution in [0, 0.1) is 0 Å². The summed E-state index contributed by atoms with van der Waals surface area (Å²) in [5.41, 5.74) is 6.08. The molecule has 1 aliphatic heterocycles. The fourth-order valence-corrected chi connectivity index (χ4v) is 1.40. The Morgan fingerprint density at radius 3 is 3.14 bits per heavy atom. The topological polar surface area (TPSA) is 55.3 Å². The van der Waals surface area contributed by atoms with Crippen LogP contribution < -0.4 is 10.6 Å². The van der Waals surface area contributed by atoms with E-state index in [2.05, 4.69) is 4.98 Å². The molecular formula is C9H12FN3O. The lowest BCUT2D eigenvalue weighted by molar-refractivity contribution is 0.507. The summed E-state index contributed by atoms with van der Waals surface area (Å²) in [6.07, 6.45) is 3.78. The van der Waals surface area contributed by atoms with E-state index in [-0.39, 0.29) is 12.4 Å². The van der Waals surface area contributed by atoms with E-state index < -0.39 is 0 Å². The van der Waals surface area contributed by atoms with Crippen LogP contribution in [0.1, 0.15) is 12.1 Å². The van der Waals surface area contributed by atoms with Crippen LogP contribution in [0.15, 0.2) is 22.6 Å². The van der Waals surface area contributed by atoms with Crippen molar-refractivity contribution in [1.82, 2.24) is 4.98 Å². The highest BCUT2D eigenvalue weighted by Gasteiger charge is 2.17. The summed E-state index contributed by atoms with van der Waals surface area (Å²) in [5.74, 6) is -0.135. The van der Waals surface area contributed by atoms with E-state index in [1.54, 1.807) is 11.0 Å². The molecule has 14 heavy (non-hydrogen) atoms. The Hall–Kier alpha value is -1.36. The van der Waals surface area contributed by atoms with Gasteiger partial charge in [0.15, 0.2) is 0 Å². The van der Waals surface area contributed by atoms with Gasteiger partial charge in [0, 0.05) is 13.1 Å². The summed E-state index contributed by atoms with van der Waals surface area (Å²) >= 11 is 0. The predicted molar refractivity (Wildman–Crippen MR) is 50.4 cm³/mol. The zero-order valence-electron chi connectivity index (χ0n) is 7.74. The molecule has 1 aromatic rings. The second-order valence-corrected chi connectivity index (χ2v) is 3.19. The summed E-state index contributed by atoms with van der Waals surface area (Å²) in [5, 5.41) is 0. The fourth-order valence-electron chi connectivity index (χ4n) is 1.40. The van der Waals surface area contributed by atoms with Gasteiger partial charge in [-0.2, -0.15) is 4.98 Å². The van der Waals surface area contributed by atoms with E-state index in [0.717, 1.165) is 6.54 Å². The monoisotopic (exact) mass is 197 g/mol. The number of aromatic nitrogens is 1. The third kappa shape index (κ3) is 1.77. The van der Waals surface area contributed by atoms with E-state index in [1.807, 2.05) is 0 Å². The SMILES string of the molecule is NCc1coc(N2CCC=C(F)C2)n1. The van der Waals surface area contributed by atoms with E-state index >= 15 is 0 Å². The summed E-state index contributed by atoms with van der Waals surface area (Å²) in [7, 11) is 0. The molecule has 0 saturated heterocycles. The fraction of sp³-hybridized carbons (Fsp3) is 0.444. The quantitative estimate of drug-likeness (QED) is 0.773. The Bertz CT molecular complexity index is 348. The molecule has 76 valence electrons. The van der Waals surface area contributed by atoms with Crippen molar-refractivity contribution in [2.75, 3.05) is 18.0 Å². The summed E-state index contributed by atoms with van der Waals surface area (Å²) < 4.78 is 18.1. The number of hydrogen-bond acceptors (Lipinski definition) is 4. The lowest BCUT2D eigenvalue weighted by Crippen LogP contribution is -2.29. The molecule has 1 aromatic heterocycles. The molecule has 2 N–H and O–H groups in total. The van der Waals surface area contributed by atoms with Crippen LogP contribution in [0.3, 0.4) is 0 Å². The van der Waals surface area contributed by atoms with Crippen LogP contribution in [0.4, 0.5) is 10.4 Å².